The van der Waals surface area contributed by atoms with Crippen molar-refractivity contribution < 1.29 is 9.53 Å². The second kappa shape index (κ2) is 5.21. The minimum Gasteiger partial charge on any atom is -0.481 e. The molecule has 0 spiro atoms. The van der Waals surface area contributed by atoms with E-state index in [1.807, 2.05) is 18.2 Å². The first-order chi connectivity index (χ1) is 9.76. The minimum atomic E-state index is -0.145. The number of hydrogen-bond acceptors (Lipinski definition) is 4. The van der Waals surface area contributed by atoms with Crippen molar-refractivity contribution in [3.05, 3.63) is 47.7 Å². The predicted octanol–water partition coefficient (Wildman–Crippen LogP) is 2.31. The van der Waals surface area contributed by atoms with Crippen LogP contribution in [0.2, 0.25) is 0 Å². The highest BCUT2D eigenvalue weighted by molar-refractivity contribution is 6.04. The third kappa shape index (κ3) is 2.42. The number of methoxy groups -OCH3 is 1. The molecule has 1 aliphatic rings. The normalized spacial score (nSPS) is 12.4. The molecular formula is C15H15N3O2. The molecule has 5 heteroatoms. The Morgan fingerprint density at radius 3 is 3.00 bits per heavy atom. The number of nitrogens with zero attached hydrogens (tertiary/aromatic N) is 1. The molecule has 1 aliphatic heterocycles. The average Bonchev–Trinajstić information content (AvgIpc) is 2.95. The van der Waals surface area contributed by atoms with Gasteiger partial charge >= 0.3 is 0 Å². The molecule has 0 fully saturated rings. The standard InChI is InChI=1S/C15H15N3O2/c1-20-14-5-4-12(9-17-14)18-15(19)11-3-2-10-6-7-16-13(10)8-11/h2-5,8-9,16H,6-7H2,1H3,(H,18,19). The van der Waals surface area contributed by atoms with Crippen LogP contribution < -0.4 is 15.4 Å². The van der Waals surface area contributed by atoms with Gasteiger partial charge in [-0.2, -0.15) is 0 Å². The molecule has 0 saturated carbocycles. The largest absolute Gasteiger partial charge is 0.481 e. The van der Waals surface area contributed by atoms with E-state index in [0.29, 0.717) is 17.1 Å². The van der Waals surface area contributed by atoms with Crippen molar-refractivity contribution in [2.45, 2.75) is 6.42 Å². The van der Waals surface area contributed by atoms with Gasteiger partial charge in [-0.15, -0.1) is 0 Å². The van der Waals surface area contributed by atoms with Crippen LogP contribution in [0.15, 0.2) is 36.5 Å². The van der Waals surface area contributed by atoms with Crippen molar-refractivity contribution in [1.29, 1.82) is 0 Å². The number of nitrogens with one attached hydrogen (secondary N) is 2. The summed E-state index contributed by atoms with van der Waals surface area (Å²) in [6.45, 7) is 0.933. The quantitative estimate of drug-likeness (QED) is 0.897. The Morgan fingerprint density at radius 2 is 2.25 bits per heavy atom. The van der Waals surface area contributed by atoms with Crippen LogP contribution in [0.3, 0.4) is 0 Å². The lowest BCUT2D eigenvalue weighted by Gasteiger charge is -2.07. The smallest absolute Gasteiger partial charge is 0.255 e. The van der Waals surface area contributed by atoms with Crippen LogP contribution in [0.25, 0.3) is 0 Å². The topological polar surface area (TPSA) is 63.2 Å². The van der Waals surface area contributed by atoms with Gasteiger partial charge in [0.05, 0.1) is 19.0 Å². The van der Waals surface area contributed by atoms with E-state index in [0.717, 1.165) is 18.7 Å². The van der Waals surface area contributed by atoms with Gasteiger partial charge in [0.15, 0.2) is 0 Å². The second-order valence-corrected chi connectivity index (χ2v) is 4.59. The van der Waals surface area contributed by atoms with Crippen molar-refractivity contribution in [1.82, 2.24) is 4.98 Å². The van der Waals surface area contributed by atoms with E-state index in [2.05, 4.69) is 15.6 Å². The number of benzene rings is 1. The minimum absolute atomic E-state index is 0.145. The predicted molar refractivity (Wildman–Crippen MR) is 77.4 cm³/mol. The summed E-state index contributed by atoms with van der Waals surface area (Å²) in [5.41, 5.74) is 3.58. The van der Waals surface area contributed by atoms with Gasteiger partial charge < -0.3 is 15.4 Å². The lowest BCUT2D eigenvalue weighted by atomic mass is 10.1. The molecule has 3 rings (SSSR count). The maximum Gasteiger partial charge on any atom is 0.255 e. The lowest BCUT2D eigenvalue weighted by Crippen LogP contribution is -2.12. The van der Waals surface area contributed by atoms with E-state index in [1.54, 1.807) is 25.4 Å². The Hall–Kier alpha value is -2.56. The number of aromatic nitrogens is 1. The Kier molecular flexibility index (Phi) is 3.25. The molecule has 0 aliphatic carbocycles. The molecule has 20 heavy (non-hydrogen) atoms. The summed E-state index contributed by atoms with van der Waals surface area (Å²) in [6, 6.07) is 9.19. The van der Waals surface area contributed by atoms with Crippen molar-refractivity contribution in [2.24, 2.45) is 0 Å². The highest BCUT2D eigenvalue weighted by atomic mass is 16.5. The van der Waals surface area contributed by atoms with E-state index in [9.17, 15) is 4.79 Å². The third-order valence-corrected chi connectivity index (χ3v) is 3.29. The fourth-order valence-corrected chi connectivity index (χ4v) is 2.21. The van der Waals surface area contributed by atoms with Crippen molar-refractivity contribution in [2.75, 3.05) is 24.3 Å². The maximum absolute atomic E-state index is 12.2. The zero-order chi connectivity index (χ0) is 13.9. The molecule has 102 valence electrons. The Bertz CT molecular complexity index is 638. The Balaban J connectivity index is 1.75. The first kappa shape index (κ1) is 12.5. The van der Waals surface area contributed by atoms with E-state index in [1.165, 1.54) is 5.56 Å². The summed E-state index contributed by atoms with van der Waals surface area (Å²) in [7, 11) is 1.55. The van der Waals surface area contributed by atoms with Gasteiger partial charge in [-0.3, -0.25) is 4.79 Å². The fourth-order valence-electron chi connectivity index (χ4n) is 2.21. The summed E-state index contributed by atoms with van der Waals surface area (Å²) in [4.78, 5) is 16.2. The third-order valence-electron chi connectivity index (χ3n) is 3.29. The number of carbonyl (C=O) groups excluding carboxylic acids is 1. The monoisotopic (exact) mass is 269 g/mol. The molecule has 0 bridgehead atoms. The molecule has 2 N–H and O–H groups in total. The fraction of sp³-hybridized carbons (Fsp3) is 0.200. The zero-order valence-corrected chi connectivity index (χ0v) is 11.1. The molecule has 2 aromatic rings. The van der Waals surface area contributed by atoms with Crippen LogP contribution in [0.1, 0.15) is 15.9 Å². The summed E-state index contributed by atoms with van der Waals surface area (Å²) < 4.78 is 4.98. The van der Waals surface area contributed by atoms with Crippen LogP contribution in [0, 0.1) is 0 Å². The first-order valence-electron chi connectivity index (χ1n) is 6.44. The van der Waals surface area contributed by atoms with E-state index < -0.39 is 0 Å². The van der Waals surface area contributed by atoms with Crippen LogP contribution >= 0.6 is 0 Å². The summed E-state index contributed by atoms with van der Waals surface area (Å²) >= 11 is 0. The molecular weight excluding hydrogens is 254 g/mol. The molecule has 1 aromatic heterocycles. The molecule has 0 atom stereocenters. The molecule has 2 heterocycles. The Morgan fingerprint density at radius 1 is 1.35 bits per heavy atom. The summed E-state index contributed by atoms with van der Waals surface area (Å²) in [5.74, 6) is 0.373. The van der Waals surface area contributed by atoms with Crippen LogP contribution in [0.4, 0.5) is 11.4 Å². The van der Waals surface area contributed by atoms with Crippen molar-refractivity contribution in [3.63, 3.8) is 0 Å². The SMILES string of the molecule is COc1ccc(NC(=O)c2ccc3c(c2)NCC3)cn1. The Labute approximate surface area is 117 Å². The summed E-state index contributed by atoms with van der Waals surface area (Å²) in [5, 5.41) is 6.08. The molecule has 0 unspecified atom stereocenters. The number of amides is 1. The number of pyridine rings is 1. The first-order valence-corrected chi connectivity index (χ1v) is 6.44. The zero-order valence-electron chi connectivity index (χ0n) is 11.1. The summed E-state index contributed by atoms with van der Waals surface area (Å²) in [6.07, 6.45) is 2.59. The van der Waals surface area contributed by atoms with Crippen LogP contribution in [-0.2, 0) is 6.42 Å². The highest BCUT2D eigenvalue weighted by Gasteiger charge is 2.13. The maximum atomic E-state index is 12.2. The number of anilines is 2. The second-order valence-electron chi connectivity index (χ2n) is 4.59. The number of carbonyl (C=O) groups is 1. The van der Waals surface area contributed by atoms with Crippen molar-refractivity contribution >= 4 is 17.3 Å². The lowest BCUT2D eigenvalue weighted by molar-refractivity contribution is 0.102. The number of hydrogen-bond donors (Lipinski definition) is 2. The van der Waals surface area contributed by atoms with E-state index in [4.69, 9.17) is 4.74 Å². The van der Waals surface area contributed by atoms with Gasteiger partial charge in [-0.05, 0) is 30.2 Å². The van der Waals surface area contributed by atoms with Gasteiger partial charge in [0, 0.05) is 23.9 Å². The average molecular weight is 269 g/mol. The number of rotatable bonds is 3. The molecule has 1 aromatic carbocycles. The van der Waals surface area contributed by atoms with Crippen molar-refractivity contribution in [3.8, 4) is 5.88 Å². The van der Waals surface area contributed by atoms with Gasteiger partial charge in [0.2, 0.25) is 5.88 Å². The van der Waals surface area contributed by atoms with Crippen LogP contribution in [-0.4, -0.2) is 24.5 Å². The molecule has 5 nitrogen and oxygen atoms in total. The molecule has 0 radical (unpaired) electrons. The van der Waals surface area contributed by atoms with Crippen LogP contribution in [0.5, 0.6) is 5.88 Å². The van der Waals surface area contributed by atoms with Gasteiger partial charge in [0.25, 0.3) is 5.91 Å². The van der Waals surface area contributed by atoms with Gasteiger partial charge in [-0.25, -0.2) is 4.98 Å². The van der Waals surface area contributed by atoms with Gasteiger partial charge in [0.1, 0.15) is 0 Å². The van der Waals surface area contributed by atoms with Gasteiger partial charge in [-0.1, -0.05) is 6.07 Å². The molecule has 1 amide bonds. The highest BCUT2D eigenvalue weighted by Crippen LogP contribution is 2.23. The van der Waals surface area contributed by atoms with E-state index >= 15 is 0 Å². The molecule has 0 saturated heterocycles. The van der Waals surface area contributed by atoms with E-state index in [-0.39, 0.29) is 5.91 Å². The number of ether oxygens (including phenoxy) is 1. The number of fused-ring (bicyclic) bond motifs is 1.